The van der Waals surface area contributed by atoms with Crippen LogP contribution in [0.25, 0.3) is 0 Å². The summed E-state index contributed by atoms with van der Waals surface area (Å²) in [6.45, 7) is 0.453. The third kappa shape index (κ3) is 7.16. The number of sulfonamides is 1. The smallest absolute Gasteiger partial charge is 0.251 e. The summed E-state index contributed by atoms with van der Waals surface area (Å²) in [7, 11) is -3.55. The second-order valence-corrected chi connectivity index (χ2v) is 9.70. The lowest BCUT2D eigenvalue weighted by atomic mass is 10.1. The van der Waals surface area contributed by atoms with Crippen LogP contribution in [0.1, 0.15) is 28.8 Å². The first kappa shape index (κ1) is 22.3. The average Bonchev–Trinajstić information content (AvgIpc) is 3.49. The van der Waals surface area contributed by atoms with E-state index < -0.39 is 22.0 Å². The van der Waals surface area contributed by atoms with Crippen molar-refractivity contribution < 1.29 is 18.3 Å². The number of hydrogen-bond acceptors (Lipinski definition) is 6. The third-order valence-electron chi connectivity index (χ3n) is 4.57. The van der Waals surface area contributed by atoms with Crippen molar-refractivity contribution in [3.05, 3.63) is 52.5 Å². The standard InChI is InChI=1S/C20H25ClN4O4S/c1-30(28,29)25-19-10-15(9-18(24-19)22-11-13-5-6-13)20(27)23-17(12-26)8-14-3-2-4-16(21)7-14/h2-4,7,9-10,13,17,26H,5-6,8,11-12H2,1H3,(H,23,27)(H2,22,24,25)/t17-/m0/s1. The van der Waals surface area contributed by atoms with Crippen molar-refractivity contribution in [2.45, 2.75) is 25.3 Å². The number of halogens is 1. The van der Waals surface area contributed by atoms with Gasteiger partial charge in [0.2, 0.25) is 10.0 Å². The van der Waals surface area contributed by atoms with Crippen LogP contribution in [0.4, 0.5) is 11.6 Å². The molecule has 2 aromatic rings. The van der Waals surface area contributed by atoms with Gasteiger partial charge in [0, 0.05) is 17.1 Å². The molecule has 0 radical (unpaired) electrons. The average molecular weight is 453 g/mol. The summed E-state index contributed by atoms with van der Waals surface area (Å²) in [6, 6.07) is 9.60. The first-order valence-corrected chi connectivity index (χ1v) is 11.9. The van der Waals surface area contributed by atoms with Gasteiger partial charge in [-0.2, -0.15) is 0 Å². The van der Waals surface area contributed by atoms with Gasteiger partial charge in [-0.3, -0.25) is 9.52 Å². The van der Waals surface area contributed by atoms with Crippen LogP contribution in [0.2, 0.25) is 5.02 Å². The molecule has 1 aromatic carbocycles. The summed E-state index contributed by atoms with van der Waals surface area (Å²) in [5, 5.41) is 16.2. The fourth-order valence-electron chi connectivity index (χ4n) is 2.94. The van der Waals surface area contributed by atoms with Crippen molar-refractivity contribution >= 4 is 39.2 Å². The Balaban J connectivity index is 1.75. The lowest BCUT2D eigenvalue weighted by molar-refractivity contribution is 0.0916. The molecule has 162 valence electrons. The highest BCUT2D eigenvalue weighted by molar-refractivity contribution is 7.92. The Kier molecular flexibility index (Phi) is 7.17. The Morgan fingerprint density at radius 1 is 1.27 bits per heavy atom. The van der Waals surface area contributed by atoms with Gasteiger partial charge in [0.1, 0.15) is 11.6 Å². The van der Waals surface area contributed by atoms with E-state index in [1.165, 1.54) is 6.07 Å². The molecule has 1 aliphatic rings. The largest absolute Gasteiger partial charge is 0.394 e. The molecular weight excluding hydrogens is 428 g/mol. The van der Waals surface area contributed by atoms with E-state index in [1.54, 1.807) is 24.3 Å². The van der Waals surface area contributed by atoms with Crippen LogP contribution in [-0.2, 0) is 16.4 Å². The van der Waals surface area contributed by atoms with E-state index in [0.29, 0.717) is 29.7 Å². The minimum atomic E-state index is -3.55. The highest BCUT2D eigenvalue weighted by Gasteiger charge is 2.22. The number of hydrogen-bond donors (Lipinski definition) is 4. The first-order valence-electron chi connectivity index (χ1n) is 9.62. The van der Waals surface area contributed by atoms with Crippen LogP contribution in [0, 0.1) is 5.92 Å². The molecule has 1 fully saturated rings. The number of carbonyl (C=O) groups excluding carboxylic acids is 1. The van der Waals surface area contributed by atoms with Crippen molar-refractivity contribution in [2.24, 2.45) is 5.92 Å². The summed E-state index contributed by atoms with van der Waals surface area (Å²) in [5.74, 6) is 0.603. The zero-order chi connectivity index (χ0) is 21.7. The van der Waals surface area contributed by atoms with Gasteiger partial charge >= 0.3 is 0 Å². The number of benzene rings is 1. The van der Waals surface area contributed by atoms with Gasteiger partial charge in [-0.05, 0) is 55.0 Å². The molecule has 0 spiro atoms. The fraction of sp³-hybridized carbons (Fsp3) is 0.400. The molecule has 1 atom stereocenters. The maximum Gasteiger partial charge on any atom is 0.251 e. The summed E-state index contributed by atoms with van der Waals surface area (Å²) < 4.78 is 25.5. The summed E-state index contributed by atoms with van der Waals surface area (Å²) in [6.07, 6.45) is 3.70. The monoisotopic (exact) mass is 452 g/mol. The van der Waals surface area contributed by atoms with E-state index in [2.05, 4.69) is 20.3 Å². The van der Waals surface area contributed by atoms with Crippen LogP contribution in [-0.4, -0.2) is 49.9 Å². The number of nitrogens with one attached hydrogen (secondary N) is 3. The van der Waals surface area contributed by atoms with Gasteiger partial charge in [0.25, 0.3) is 5.91 Å². The van der Waals surface area contributed by atoms with E-state index >= 15 is 0 Å². The zero-order valence-electron chi connectivity index (χ0n) is 16.6. The van der Waals surface area contributed by atoms with Crippen molar-refractivity contribution in [2.75, 3.05) is 29.4 Å². The summed E-state index contributed by atoms with van der Waals surface area (Å²) in [5.41, 5.74) is 1.11. The quantitative estimate of drug-likeness (QED) is 0.439. The molecule has 10 heteroatoms. The van der Waals surface area contributed by atoms with Crippen molar-refractivity contribution in [1.29, 1.82) is 0 Å². The molecule has 0 unspecified atom stereocenters. The normalized spacial score (nSPS) is 14.8. The Morgan fingerprint density at radius 3 is 2.63 bits per heavy atom. The molecule has 1 aliphatic carbocycles. The van der Waals surface area contributed by atoms with Crippen molar-refractivity contribution in [3.63, 3.8) is 0 Å². The Bertz CT molecular complexity index is 1010. The molecule has 30 heavy (non-hydrogen) atoms. The van der Waals surface area contributed by atoms with Crippen molar-refractivity contribution in [1.82, 2.24) is 10.3 Å². The number of aromatic nitrogens is 1. The van der Waals surface area contributed by atoms with Crippen LogP contribution in [0.15, 0.2) is 36.4 Å². The van der Waals surface area contributed by atoms with E-state index in [0.717, 1.165) is 24.7 Å². The topological polar surface area (TPSA) is 120 Å². The molecule has 1 saturated carbocycles. The van der Waals surface area contributed by atoms with Gasteiger partial charge in [0.15, 0.2) is 0 Å². The highest BCUT2D eigenvalue weighted by Crippen LogP contribution is 2.29. The number of carbonyl (C=O) groups is 1. The molecule has 1 heterocycles. The number of pyridine rings is 1. The molecule has 1 amide bonds. The molecule has 0 bridgehead atoms. The molecule has 1 aromatic heterocycles. The maximum absolute atomic E-state index is 12.8. The van der Waals surface area contributed by atoms with E-state index in [4.69, 9.17) is 11.6 Å². The van der Waals surface area contributed by atoms with Crippen LogP contribution in [0.3, 0.4) is 0 Å². The second-order valence-electron chi connectivity index (χ2n) is 7.51. The van der Waals surface area contributed by atoms with Crippen LogP contribution in [0.5, 0.6) is 0 Å². The Morgan fingerprint density at radius 2 is 2.00 bits per heavy atom. The molecule has 8 nitrogen and oxygen atoms in total. The van der Waals surface area contributed by atoms with Gasteiger partial charge in [-0.25, -0.2) is 13.4 Å². The number of rotatable bonds is 10. The van der Waals surface area contributed by atoms with Gasteiger partial charge < -0.3 is 15.7 Å². The second kappa shape index (κ2) is 9.63. The minimum Gasteiger partial charge on any atom is -0.394 e. The SMILES string of the molecule is CS(=O)(=O)Nc1cc(C(=O)N[C@H](CO)Cc2cccc(Cl)c2)cc(NCC2CC2)n1. The number of aliphatic hydroxyl groups excluding tert-OH is 1. The van der Waals surface area contributed by atoms with E-state index in [1.807, 2.05) is 6.07 Å². The van der Waals surface area contributed by atoms with Gasteiger partial charge in [0.05, 0.1) is 18.9 Å². The van der Waals surface area contributed by atoms with E-state index in [-0.39, 0.29) is 18.0 Å². The Hall–Kier alpha value is -2.36. The molecule has 3 rings (SSSR count). The first-order chi connectivity index (χ1) is 14.2. The summed E-state index contributed by atoms with van der Waals surface area (Å²) in [4.78, 5) is 17.0. The van der Waals surface area contributed by atoms with Crippen LogP contribution < -0.4 is 15.4 Å². The zero-order valence-corrected chi connectivity index (χ0v) is 18.1. The number of aliphatic hydroxyl groups is 1. The summed E-state index contributed by atoms with van der Waals surface area (Å²) >= 11 is 6.00. The van der Waals surface area contributed by atoms with Crippen LogP contribution >= 0.6 is 11.6 Å². The minimum absolute atomic E-state index is 0.0545. The Labute approximate surface area is 181 Å². The highest BCUT2D eigenvalue weighted by atomic mass is 35.5. The van der Waals surface area contributed by atoms with E-state index in [9.17, 15) is 18.3 Å². The molecular formula is C20H25ClN4O4S. The number of amides is 1. The molecule has 0 aliphatic heterocycles. The number of anilines is 2. The third-order valence-corrected chi connectivity index (χ3v) is 5.39. The molecule has 4 N–H and O–H groups in total. The van der Waals surface area contributed by atoms with Gasteiger partial charge in [-0.1, -0.05) is 23.7 Å². The molecule has 0 saturated heterocycles. The fourth-order valence-corrected chi connectivity index (χ4v) is 3.64. The predicted molar refractivity (Wildman–Crippen MR) is 117 cm³/mol. The van der Waals surface area contributed by atoms with Gasteiger partial charge in [-0.15, -0.1) is 0 Å². The predicted octanol–water partition coefficient (Wildman–Crippen LogP) is 2.26. The van der Waals surface area contributed by atoms with Crippen molar-refractivity contribution in [3.8, 4) is 0 Å². The maximum atomic E-state index is 12.8. The number of nitrogens with zero attached hydrogens (tertiary/aromatic N) is 1. The lowest BCUT2D eigenvalue weighted by Gasteiger charge is -2.17. The lowest BCUT2D eigenvalue weighted by Crippen LogP contribution is -2.39.